The summed E-state index contributed by atoms with van der Waals surface area (Å²) in [7, 11) is 0. The van der Waals surface area contributed by atoms with Crippen molar-refractivity contribution in [2.24, 2.45) is 11.5 Å². The van der Waals surface area contributed by atoms with E-state index in [1.54, 1.807) is 30.3 Å². The molecular formula is C20H27N5O8. The normalized spacial score (nSPS) is 13.1. The van der Waals surface area contributed by atoms with Crippen molar-refractivity contribution in [1.29, 1.82) is 0 Å². The van der Waals surface area contributed by atoms with Crippen LogP contribution in [0.15, 0.2) is 30.3 Å². The van der Waals surface area contributed by atoms with E-state index in [9.17, 15) is 28.8 Å². The predicted molar refractivity (Wildman–Crippen MR) is 113 cm³/mol. The second-order valence-electron chi connectivity index (χ2n) is 7.13. The highest BCUT2D eigenvalue weighted by atomic mass is 16.4. The van der Waals surface area contributed by atoms with E-state index >= 15 is 0 Å². The van der Waals surface area contributed by atoms with Crippen molar-refractivity contribution >= 4 is 35.6 Å². The number of hydrogen-bond acceptors (Lipinski definition) is 7. The van der Waals surface area contributed by atoms with Crippen LogP contribution in [-0.2, 0) is 35.2 Å². The number of aliphatic carboxylic acids is 2. The first-order valence-corrected chi connectivity index (χ1v) is 9.89. The molecule has 1 aromatic rings. The van der Waals surface area contributed by atoms with Gasteiger partial charge in [0.25, 0.3) is 0 Å². The highest BCUT2D eigenvalue weighted by Gasteiger charge is 2.29. The molecule has 0 bridgehead atoms. The van der Waals surface area contributed by atoms with E-state index in [4.69, 9.17) is 21.7 Å². The van der Waals surface area contributed by atoms with Crippen LogP contribution in [0.1, 0.15) is 24.8 Å². The molecule has 0 saturated heterocycles. The smallest absolute Gasteiger partial charge is 0.322 e. The van der Waals surface area contributed by atoms with Crippen LogP contribution in [0.25, 0.3) is 0 Å². The number of rotatable bonds is 14. The van der Waals surface area contributed by atoms with E-state index in [0.717, 1.165) is 0 Å². The van der Waals surface area contributed by atoms with E-state index in [1.165, 1.54) is 0 Å². The molecule has 13 nitrogen and oxygen atoms in total. The summed E-state index contributed by atoms with van der Waals surface area (Å²) in [5.74, 6) is -5.99. The first-order chi connectivity index (χ1) is 15.5. The molecule has 0 aliphatic heterocycles. The summed E-state index contributed by atoms with van der Waals surface area (Å²) < 4.78 is 0. The molecule has 1 rings (SSSR count). The van der Waals surface area contributed by atoms with E-state index < -0.39 is 66.7 Å². The predicted octanol–water partition coefficient (Wildman–Crippen LogP) is -2.53. The van der Waals surface area contributed by atoms with Crippen molar-refractivity contribution in [2.75, 3.05) is 6.54 Å². The van der Waals surface area contributed by atoms with Gasteiger partial charge in [0.05, 0.1) is 12.5 Å². The quantitative estimate of drug-likeness (QED) is 0.153. The Morgan fingerprint density at radius 2 is 1.45 bits per heavy atom. The van der Waals surface area contributed by atoms with Crippen molar-refractivity contribution in [3.05, 3.63) is 35.9 Å². The maximum absolute atomic E-state index is 12.9. The summed E-state index contributed by atoms with van der Waals surface area (Å²) in [5, 5.41) is 24.2. The number of carbonyl (C=O) groups excluding carboxylic acids is 4. The zero-order valence-corrected chi connectivity index (χ0v) is 17.7. The van der Waals surface area contributed by atoms with E-state index in [-0.39, 0.29) is 19.3 Å². The summed E-state index contributed by atoms with van der Waals surface area (Å²) in [6.45, 7) is -0.743. The second kappa shape index (κ2) is 13.4. The summed E-state index contributed by atoms with van der Waals surface area (Å²) in [5.41, 5.74) is 11.5. The molecule has 1 aromatic carbocycles. The molecule has 0 radical (unpaired) electrons. The van der Waals surface area contributed by atoms with Gasteiger partial charge in [-0.25, -0.2) is 0 Å². The maximum Gasteiger partial charge on any atom is 0.322 e. The van der Waals surface area contributed by atoms with Gasteiger partial charge in [0.1, 0.15) is 18.6 Å². The van der Waals surface area contributed by atoms with Gasteiger partial charge in [0.2, 0.25) is 23.6 Å². The number of benzene rings is 1. The molecule has 4 amide bonds. The highest BCUT2D eigenvalue weighted by molar-refractivity contribution is 5.95. The van der Waals surface area contributed by atoms with Crippen LogP contribution in [0, 0.1) is 0 Å². The third-order valence-electron chi connectivity index (χ3n) is 4.37. The fraction of sp³-hybridized carbons (Fsp3) is 0.400. The third-order valence-corrected chi connectivity index (χ3v) is 4.37. The number of carboxylic acids is 2. The lowest BCUT2D eigenvalue weighted by Crippen LogP contribution is -2.57. The lowest BCUT2D eigenvalue weighted by molar-refractivity contribution is -0.139. The Labute approximate surface area is 188 Å². The first kappa shape index (κ1) is 27.0. The molecule has 0 fully saturated rings. The van der Waals surface area contributed by atoms with Crippen LogP contribution in [-0.4, -0.2) is 70.5 Å². The van der Waals surface area contributed by atoms with E-state index in [0.29, 0.717) is 5.56 Å². The van der Waals surface area contributed by atoms with Gasteiger partial charge in [-0.2, -0.15) is 0 Å². The summed E-state index contributed by atoms with van der Waals surface area (Å²) in [4.78, 5) is 70.2. The molecular weight excluding hydrogens is 438 g/mol. The molecule has 0 saturated carbocycles. The fourth-order valence-electron chi connectivity index (χ4n) is 2.72. The number of hydrogen-bond donors (Lipinski definition) is 7. The molecule has 0 aromatic heterocycles. The minimum Gasteiger partial charge on any atom is -0.481 e. The van der Waals surface area contributed by atoms with Crippen LogP contribution in [0.2, 0.25) is 0 Å². The maximum atomic E-state index is 12.9. The second-order valence-corrected chi connectivity index (χ2v) is 7.13. The molecule has 3 atom stereocenters. The Kier molecular flexibility index (Phi) is 11.0. The van der Waals surface area contributed by atoms with Crippen molar-refractivity contribution in [3.8, 4) is 0 Å². The number of carboxylic acid groups (broad SMARTS) is 2. The molecule has 0 aliphatic rings. The molecule has 180 valence electrons. The van der Waals surface area contributed by atoms with Crippen molar-refractivity contribution in [3.63, 3.8) is 0 Å². The van der Waals surface area contributed by atoms with Crippen LogP contribution in [0.4, 0.5) is 0 Å². The first-order valence-electron chi connectivity index (χ1n) is 9.89. The number of nitrogens with two attached hydrogens (primary N) is 2. The Hall–Kier alpha value is -4.00. The van der Waals surface area contributed by atoms with Gasteiger partial charge in [-0.15, -0.1) is 0 Å². The van der Waals surface area contributed by atoms with Crippen LogP contribution < -0.4 is 27.4 Å². The molecule has 0 heterocycles. The molecule has 33 heavy (non-hydrogen) atoms. The molecule has 0 aliphatic carbocycles. The van der Waals surface area contributed by atoms with Gasteiger partial charge in [0, 0.05) is 12.8 Å². The number of carbonyl (C=O) groups is 6. The lowest BCUT2D eigenvalue weighted by atomic mass is 10.0. The SMILES string of the molecule is NC(=O)CC(NC(=O)C(Cc1ccccc1)NC(=O)C(N)CCC(=O)O)C(=O)NCC(=O)O. The van der Waals surface area contributed by atoms with Crippen molar-refractivity contribution in [2.45, 2.75) is 43.8 Å². The topological polar surface area (TPSA) is 231 Å². The zero-order chi connectivity index (χ0) is 25.0. The molecule has 0 spiro atoms. The highest BCUT2D eigenvalue weighted by Crippen LogP contribution is 2.06. The van der Waals surface area contributed by atoms with Gasteiger partial charge < -0.3 is 37.6 Å². The summed E-state index contributed by atoms with van der Waals surface area (Å²) >= 11 is 0. The van der Waals surface area contributed by atoms with Gasteiger partial charge in [0.15, 0.2) is 0 Å². The Bertz CT molecular complexity index is 876. The summed E-state index contributed by atoms with van der Waals surface area (Å²) in [6.07, 6.45) is -1.14. The Balaban J connectivity index is 3.00. The minimum absolute atomic E-state index is 0.00982. The van der Waals surface area contributed by atoms with Gasteiger partial charge in [-0.3, -0.25) is 28.8 Å². The number of amides is 4. The van der Waals surface area contributed by atoms with Gasteiger partial charge >= 0.3 is 11.9 Å². The van der Waals surface area contributed by atoms with Gasteiger partial charge in [-0.1, -0.05) is 30.3 Å². The van der Waals surface area contributed by atoms with Gasteiger partial charge in [-0.05, 0) is 12.0 Å². The lowest BCUT2D eigenvalue weighted by Gasteiger charge is -2.23. The van der Waals surface area contributed by atoms with E-state index in [2.05, 4.69) is 10.6 Å². The van der Waals surface area contributed by atoms with Crippen LogP contribution in [0.5, 0.6) is 0 Å². The Morgan fingerprint density at radius 1 is 0.848 bits per heavy atom. The van der Waals surface area contributed by atoms with E-state index in [1.807, 2.05) is 5.32 Å². The standard InChI is InChI=1S/C20H27N5O8/c21-12(6-7-16(27)28)18(31)24-13(8-11-4-2-1-3-5-11)20(33)25-14(9-15(22)26)19(32)23-10-17(29)30/h1-5,12-14H,6-10,21H2,(H2,22,26)(H,23,32)(H,24,31)(H,25,33)(H,27,28)(H,29,30). The molecule has 13 heteroatoms. The summed E-state index contributed by atoms with van der Waals surface area (Å²) in [6, 6.07) is 4.62. The molecule has 9 N–H and O–H groups in total. The number of nitrogens with one attached hydrogen (secondary N) is 3. The largest absolute Gasteiger partial charge is 0.481 e. The zero-order valence-electron chi connectivity index (χ0n) is 17.7. The Morgan fingerprint density at radius 3 is 2.00 bits per heavy atom. The monoisotopic (exact) mass is 465 g/mol. The van der Waals surface area contributed by atoms with Crippen molar-refractivity contribution in [1.82, 2.24) is 16.0 Å². The third kappa shape index (κ3) is 10.7. The van der Waals surface area contributed by atoms with Crippen molar-refractivity contribution < 1.29 is 39.0 Å². The minimum atomic E-state index is -1.48. The van der Waals surface area contributed by atoms with Crippen LogP contribution in [0.3, 0.4) is 0 Å². The van der Waals surface area contributed by atoms with Crippen LogP contribution >= 0.6 is 0 Å². The molecule has 3 unspecified atom stereocenters. The average molecular weight is 465 g/mol. The number of primary amides is 1. The average Bonchev–Trinajstić information content (AvgIpc) is 2.74. The fourth-order valence-corrected chi connectivity index (χ4v) is 2.72.